The van der Waals surface area contributed by atoms with Gasteiger partial charge in [0, 0.05) is 36.8 Å². The van der Waals surface area contributed by atoms with Gasteiger partial charge in [0.1, 0.15) is 0 Å². The number of likely N-dealkylation sites (tertiary alicyclic amines) is 1. The Hall–Kier alpha value is -1.41. The molecule has 7 heteroatoms. The van der Waals surface area contributed by atoms with Gasteiger partial charge in [0.25, 0.3) is 0 Å². The standard InChI is InChI=1S/C20H26BrN3O2S/c1-23(2)18-9-5-16(6-10-18)20(24-13-3-4-14-24)15-22-27(25,26)19-11-7-17(21)8-12-19/h5-12,20,22H,3-4,13-15H2,1-2H3. The van der Waals surface area contributed by atoms with Crippen molar-refractivity contribution in [1.82, 2.24) is 9.62 Å². The van der Waals surface area contributed by atoms with Gasteiger partial charge < -0.3 is 4.90 Å². The maximum atomic E-state index is 12.7. The minimum Gasteiger partial charge on any atom is -0.378 e. The number of hydrogen-bond donors (Lipinski definition) is 1. The zero-order valence-corrected chi connectivity index (χ0v) is 18.1. The van der Waals surface area contributed by atoms with Crippen molar-refractivity contribution in [3.63, 3.8) is 0 Å². The smallest absolute Gasteiger partial charge is 0.240 e. The molecule has 1 heterocycles. The molecule has 0 aromatic heterocycles. The number of nitrogens with one attached hydrogen (secondary N) is 1. The average molecular weight is 452 g/mol. The van der Waals surface area contributed by atoms with Crippen LogP contribution in [0.2, 0.25) is 0 Å². The molecule has 1 atom stereocenters. The first-order valence-electron chi connectivity index (χ1n) is 9.13. The van der Waals surface area contributed by atoms with Crippen LogP contribution < -0.4 is 9.62 Å². The molecule has 2 aromatic rings. The van der Waals surface area contributed by atoms with Crippen LogP contribution in [0.25, 0.3) is 0 Å². The van der Waals surface area contributed by atoms with Crippen LogP contribution >= 0.6 is 15.9 Å². The summed E-state index contributed by atoms with van der Waals surface area (Å²) in [7, 11) is 0.489. The highest BCUT2D eigenvalue weighted by Gasteiger charge is 2.25. The van der Waals surface area contributed by atoms with Gasteiger partial charge in [0.15, 0.2) is 0 Å². The highest BCUT2D eigenvalue weighted by Crippen LogP contribution is 2.27. The number of sulfonamides is 1. The minimum atomic E-state index is -3.54. The first kappa shape index (κ1) is 20.3. The zero-order chi connectivity index (χ0) is 19.4. The summed E-state index contributed by atoms with van der Waals surface area (Å²) in [4.78, 5) is 4.72. The Balaban J connectivity index is 1.78. The maximum Gasteiger partial charge on any atom is 0.240 e. The van der Waals surface area contributed by atoms with Crippen LogP contribution in [-0.2, 0) is 10.0 Å². The van der Waals surface area contributed by atoms with Crippen molar-refractivity contribution in [2.24, 2.45) is 0 Å². The third-order valence-electron chi connectivity index (χ3n) is 4.97. The molecule has 2 aromatic carbocycles. The second-order valence-corrected chi connectivity index (χ2v) is 9.73. The summed E-state index contributed by atoms with van der Waals surface area (Å²) in [5.41, 5.74) is 2.27. The molecule has 1 fully saturated rings. The summed E-state index contributed by atoms with van der Waals surface area (Å²) < 4.78 is 29.0. The van der Waals surface area contributed by atoms with Gasteiger partial charge in [-0.2, -0.15) is 0 Å². The van der Waals surface area contributed by atoms with Crippen molar-refractivity contribution in [3.05, 3.63) is 58.6 Å². The van der Waals surface area contributed by atoms with E-state index in [0.717, 1.165) is 41.7 Å². The first-order chi connectivity index (χ1) is 12.9. The van der Waals surface area contributed by atoms with E-state index in [0.29, 0.717) is 6.54 Å². The van der Waals surface area contributed by atoms with E-state index in [1.165, 1.54) is 0 Å². The second-order valence-electron chi connectivity index (χ2n) is 7.05. The first-order valence-corrected chi connectivity index (χ1v) is 11.4. The molecular weight excluding hydrogens is 426 g/mol. The molecule has 146 valence electrons. The van der Waals surface area contributed by atoms with Crippen molar-refractivity contribution in [2.75, 3.05) is 38.6 Å². The van der Waals surface area contributed by atoms with Crippen molar-refractivity contribution in [1.29, 1.82) is 0 Å². The topological polar surface area (TPSA) is 52.7 Å². The molecule has 0 saturated carbocycles. The second kappa shape index (κ2) is 8.73. The normalized spacial score (nSPS) is 16.4. The largest absolute Gasteiger partial charge is 0.378 e. The van der Waals surface area contributed by atoms with Crippen LogP contribution in [0.5, 0.6) is 0 Å². The molecule has 0 radical (unpaired) electrons. The van der Waals surface area contributed by atoms with Crippen LogP contribution in [0.1, 0.15) is 24.4 Å². The number of benzene rings is 2. The third kappa shape index (κ3) is 5.10. The summed E-state index contributed by atoms with van der Waals surface area (Å²) in [6, 6.07) is 15.1. The van der Waals surface area contributed by atoms with Crippen LogP contribution in [-0.4, -0.2) is 47.0 Å². The minimum absolute atomic E-state index is 0.0361. The number of hydrogen-bond acceptors (Lipinski definition) is 4. The van der Waals surface area contributed by atoms with Crippen molar-refractivity contribution in [3.8, 4) is 0 Å². The summed E-state index contributed by atoms with van der Waals surface area (Å²) in [6.07, 6.45) is 2.32. The van der Waals surface area contributed by atoms with Gasteiger partial charge >= 0.3 is 0 Å². The number of anilines is 1. The molecule has 1 N–H and O–H groups in total. The highest BCUT2D eigenvalue weighted by atomic mass is 79.9. The highest BCUT2D eigenvalue weighted by molar-refractivity contribution is 9.10. The van der Waals surface area contributed by atoms with Crippen LogP contribution in [0.3, 0.4) is 0 Å². The van der Waals surface area contributed by atoms with Gasteiger partial charge in [0.2, 0.25) is 10.0 Å². The Kier molecular flexibility index (Phi) is 6.57. The molecule has 3 rings (SSSR count). The van der Waals surface area contributed by atoms with E-state index in [4.69, 9.17) is 0 Å². The molecule has 1 unspecified atom stereocenters. The lowest BCUT2D eigenvalue weighted by molar-refractivity contribution is 0.246. The predicted octanol–water partition coefficient (Wildman–Crippen LogP) is 3.63. The maximum absolute atomic E-state index is 12.7. The predicted molar refractivity (Wildman–Crippen MR) is 114 cm³/mol. The number of nitrogens with zero attached hydrogens (tertiary/aromatic N) is 2. The van der Waals surface area contributed by atoms with E-state index >= 15 is 0 Å². The fraction of sp³-hybridized carbons (Fsp3) is 0.400. The van der Waals surface area contributed by atoms with Gasteiger partial charge in [0.05, 0.1) is 4.90 Å². The Labute approximate surface area is 170 Å². The van der Waals surface area contributed by atoms with Gasteiger partial charge in [-0.05, 0) is 67.9 Å². The van der Waals surface area contributed by atoms with Gasteiger partial charge in [-0.15, -0.1) is 0 Å². The molecule has 1 aliphatic rings. The monoisotopic (exact) mass is 451 g/mol. The third-order valence-corrected chi connectivity index (χ3v) is 6.93. The van der Waals surface area contributed by atoms with E-state index in [9.17, 15) is 8.42 Å². The average Bonchev–Trinajstić information content (AvgIpc) is 3.17. The molecular formula is C20H26BrN3O2S. The van der Waals surface area contributed by atoms with Crippen LogP contribution in [0.4, 0.5) is 5.69 Å². The molecule has 1 aliphatic heterocycles. The lowest BCUT2D eigenvalue weighted by Gasteiger charge is -2.28. The van der Waals surface area contributed by atoms with Crippen molar-refractivity contribution >= 4 is 31.6 Å². The Morgan fingerprint density at radius 1 is 1.04 bits per heavy atom. The van der Waals surface area contributed by atoms with E-state index in [1.807, 2.05) is 14.1 Å². The van der Waals surface area contributed by atoms with Crippen molar-refractivity contribution < 1.29 is 8.42 Å². The number of rotatable bonds is 7. The van der Waals surface area contributed by atoms with Gasteiger partial charge in [-0.1, -0.05) is 28.1 Å². The molecule has 27 heavy (non-hydrogen) atoms. The lowest BCUT2D eigenvalue weighted by atomic mass is 10.1. The van der Waals surface area contributed by atoms with Crippen LogP contribution in [0.15, 0.2) is 57.9 Å². The molecule has 0 spiro atoms. The van der Waals surface area contributed by atoms with Gasteiger partial charge in [-0.25, -0.2) is 13.1 Å². The quantitative estimate of drug-likeness (QED) is 0.697. The molecule has 0 amide bonds. The summed E-state index contributed by atoms with van der Waals surface area (Å²) >= 11 is 3.34. The summed E-state index contributed by atoms with van der Waals surface area (Å²) in [5.74, 6) is 0. The van der Waals surface area contributed by atoms with E-state index in [2.05, 4.69) is 54.7 Å². The Bertz CT molecular complexity index is 846. The molecule has 5 nitrogen and oxygen atoms in total. The zero-order valence-electron chi connectivity index (χ0n) is 15.7. The fourth-order valence-electron chi connectivity index (χ4n) is 3.39. The SMILES string of the molecule is CN(C)c1ccc(C(CNS(=O)(=O)c2ccc(Br)cc2)N2CCCC2)cc1. The fourth-order valence-corrected chi connectivity index (χ4v) is 4.69. The van der Waals surface area contributed by atoms with E-state index in [1.54, 1.807) is 24.3 Å². The molecule has 0 bridgehead atoms. The lowest BCUT2D eigenvalue weighted by Crippen LogP contribution is -2.36. The molecule has 0 aliphatic carbocycles. The van der Waals surface area contributed by atoms with E-state index in [-0.39, 0.29) is 10.9 Å². The summed E-state index contributed by atoms with van der Waals surface area (Å²) in [6.45, 7) is 2.36. The molecule has 1 saturated heterocycles. The van der Waals surface area contributed by atoms with Crippen molar-refractivity contribution in [2.45, 2.75) is 23.8 Å². The van der Waals surface area contributed by atoms with Crippen LogP contribution in [0, 0.1) is 0 Å². The Morgan fingerprint density at radius 3 is 2.19 bits per heavy atom. The van der Waals surface area contributed by atoms with Gasteiger partial charge in [-0.3, -0.25) is 4.90 Å². The van der Waals surface area contributed by atoms with E-state index < -0.39 is 10.0 Å². The summed E-state index contributed by atoms with van der Waals surface area (Å²) in [5, 5.41) is 0. The Morgan fingerprint density at radius 2 is 1.63 bits per heavy atom. The number of halogens is 1.